The third-order valence-electron chi connectivity index (χ3n) is 9.62. The van der Waals surface area contributed by atoms with E-state index in [1.54, 1.807) is 6.92 Å². The summed E-state index contributed by atoms with van der Waals surface area (Å²) in [5.41, 5.74) is -6.13. The molecular formula is C30H41ClO13. The highest BCUT2D eigenvalue weighted by Gasteiger charge is 2.76. The van der Waals surface area contributed by atoms with Crippen LogP contribution in [0.5, 0.6) is 0 Å². The van der Waals surface area contributed by atoms with E-state index in [4.69, 9.17) is 40.0 Å². The van der Waals surface area contributed by atoms with Crippen LogP contribution in [0.25, 0.3) is 0 Å². The van der Waals surface area contributed by atoms with E-state index >= 15 is 0 Å². The number of alkyl halides is 1. The molecule has 1 unspecified atom stereocenters. The minimum absolute atomic E-state index is 0.00914. The summed E-state index contributed by atoms with van der Waals surface area (Å²) in [6.07, 6.45) is -8.95. The van der Waals surface area contributed by atoms with Crippen molar-refractivity contribution in [3.8, 4) is 0 Å². The van der Waals surface area contributed by atoms with Gasteiger partial charge in [-0.15, -0.1) is 11.6 Å². The van der Waals surface area contributed by atoms with Crippen molar-refractivity contribution in [2.45, 2.75) is 127 Å². The summed E-state index contributed by atoms with van der Waals surface area (Å²) in [6.45, 7) is 13.4. The zero-order valence-electron chi connectivity index (χ0n) is 25.9. The van der Waals surface area contributed by atoms with Gasteiger partial charge in [0.2, 0.25) is 0 Å². The number of rotatable bonds is 6. The monoisotopic (exact) mass is 644 g/mol. The molecule has 44 heavy (non-hydrogen) atoms. The van der Waals surface area contributed by atoms with Gasteiger partial charge in [0.15, 0.2) is 11.7 Å². The van der Waals surface area contributed by atoms with Crippen molar-refractivity contribution in [1.29, 1.82) is 0 Å². The van der Waals surface area contributed by atoms with Gasteiger partial charge in [-0.25, -0.2) is 0 Å². The number of halogens is 1. The van der Waals surface area contributed by atoms with Gasteiger partial charge >= 0.3 is 29.8 Å². The standard InChI is InChI=1S/C30H41ClO13/c1-9-10-19(35)42-18-11-17(39-14(4)32)28(7)23(29(18,8)37)26(41-16(6)34)30(38)13(3)27(36)44-24(30)20(31)12(2)21-22(43-21)25(28)40-15(5)33/h13,17-18,20-26,37-38H,2,9-11H2,1,3-8H3/t13-,17-,18+,20-,21+,22+,23+,24-,25-,26+,28-,29+,30?/m0/s1. The van der Waals surface area contributed by atoms with Gasteiger partial charge in [-0.05, 0) is 25.8 Å². The van der Waals surface area contributed by atoms with Crippen molar-refractivity contribution in [3.05, 3.63) is 12.2 Å². The van der Waals surface area contributed by atoms with Crippen molar-refractivity contribution in [1.82, 2.24) is 0 Å². The average Bonchev–Trinajstić information content (AvgIpc) is 3.66. The minimum Gasteiger partial charge on any atom is -0.462 e. The fraction of sp³-hybridized carbons (Fsp3) is 0.767. The molecule has 0 spiro atoms. The largest absolute Gasteiger partial charge is 0.462 e. The van der Waals surface area contributed by atoms with Crippen molar-refractivity contribution < 1.29 is 62.6 Å². The van der Waals surface area contributed by atoms with Crippen LogP contribution in [0.3, 0.4) is 0 Å². The molecule has 0 aromatic carbocycles. The maximum Gasteiger partial charge on any atom is 0.312 e. The number of fused-ring (bicyclic) bond motifs is 3. The Kier molecular flexibility index (Phi) is 9.22. The summed E-state index contributed by atoms with van der Waals surface area (Å²) in [6, 6.07) is 0. The predicted octanol–water partition coefficient (Wildman–Crippen LogP) is 1.51. The van der Waals surface area contributed by atoms with E-state index in [2.05, 4.69) is 6.58 Å². The Morgan fingerprint density at radius 1 is 0.977 bits per heavy atom. The molecule has 13 atom stereocenters. The van der Waals surface area contributed by atoms with Crippen molar-refractivity contribution in [3.63, 3.8) is 0 Å². The molecule has 0 aromatic heterocycles. The zero-order valence-corrected chi connectivity index (χ0v) is 26.6. The fourth-order valence-corrected chi connectivity index (χ4v) is 7.85. The molecule has 0 aromatic rings. The fourth-order valence-electron chi connectivity index (χ4n) is 7.47. The molecule has 246 valence electrons. The molecule has 4 rings (SSSR count). The Morgan fingerprint density at radius 3 is 2.09 bits per heavy atom. The van der Waals surface area contributed by atoms with Crippen molar-refractivity contribution in [2.24, 2.45) is 17.3 Å². The topological polar surface area (TPSA) is 184 Å². The number of hydrogen-bond donors (Lipinski definition) is 2. The summed E-state index contributed by atoms with van der Waals surface area (Å²) in [7, 11) is 0. The molecule has 0 amide bonds. The van der Waals surface area contributed by atoms with Gasteiger partial charge in [-0.1, -0.05) is 20.4 Å². The van der Waals surface area contributed by atoms with Crippen LogP contribution in [0, 0.1) is 17.3 Å². The lowest BCUT2D eigenvalue weighted by Crippen LogP contribution is -2.75. The highest BCUT2D eigenvalue weighted by Crippen LogP contribution is 2.61. The molecule has 2 aliphatic carbocycles. The number of hydrogen-bond acceptors (Lipinski definition) is 13. The van der Waals surface area contributed by atoms with Crippen LogP contribution in [-0.4, -0.2) is 99.4 Å². The highest BCUT2D eigenvalue weighted by atomic mass is 35.5. The maximum absolute atomic E-state index is 13.1. The van der Waals surface area contributed by atoms with Crippen molar-refractivity contribution >= 4 is 41.4 Å². The number of carbonyl (C=O) groups is 5. The molecular weight excluding hydrogens is 604 g/mol. The molecule has 0 bridgehead atoms. The first-order chi connectivity index (χ1) is 20.3. The van der Waals surface area contributed by atoms with Crippen LogP contribution in [0.15, 0.2) is 12.2 Å². The molecule has 2 N–H and O–H groups in total. The molecule has 0 radical (unpaired) electrons. The quantitative estimate of drug-likeness (QED) is 0.140. The number of ether oxygens (including phenoxy) is 6. The van der Waals surface area contributed by atoms with E-state index in [0.29, 0.717) is 6.42 Å². The van der Waals surface area contributed by atoms with Gasteiger partial charge in [-0.3, -0.25) is 24.0 Å². The van der Waals surface area contributed by atoms with E-state index in [0.717, 1.165) is 20.8 Å². The number of carbonyl (C=O) groups excluding carboxylic acids is 5. The molecule has 2 aliphatic heterocycles. The van der Waals surface area contributed by atoms with Crippen LogP contribution in [0.2, 0.25) is 0 Å². The Morgan fingerprint density at radius 2 is 1.55 bits per heavy atom. The Balaban J connectivity index is 2.08. The molecule has 13 nitrogen and oxygen atoms in total. The lowest BCUT2D eigenvalue weighted by Gasteiger charge is -2.60. The average molecular weight is 645 g/mol. The van der Waals surface area contributed by atoms with Crippen LogP contribution in [-0.2, 0) is 52.4 Å². The van der Waals surface area contributed by atoms with Crippen LogP contribution >= 0.6 is 11.6 Å². The molecule has 14 heteroatoms. The number of esters is 5. The normalized spacial score (nSPS) is 44.6. The first kappa shape index (κ1) is 34.1. The Bertz CT molecular complexity index is 1230. The minimum atomic E-state index is -2.42. The van der Waals surface area contributed by atoms with E-state index < -0.39 is 106 Å². The van der Waals surface area contributed by atoms with Crippen LogP contribution < -0.4 is 0 Å². The van der Waals surface area contributed by atoms with Gasteiger partial charge in [-0.2, -0.15) is 0 Å². The maximum atomic E-state index is 13.1. The Labute approximate surface area is 260 Å². The zero-order chi connectivity index (χ0) is 33.1. The summed E-state index contributed by atoms with van der Waals surface area (Å²) < 4.78 is 34.8. The first-order valence-electron chi connectivity index (χ1n) is 14.7. The van der Waals surface area contributed by atoms with Gasteiger partial charge in [0.25, 0.3) is 0 Å². The second-order valence-electron chi connectivity index (χ2n) is 12.7. The van der Waals surface area contributed by atoms with Gasteiger partial charge in [0.1, 0.15) is 42.2 Å². The third-order valence-corrected chi connectivity index (χ3v) is 10.1. The molecule has 2 saturated heterocycles. The van der Waals surface area contributed by atoms with Crippen molar-refractivity contribution in [2.75, 3.05) is 0 Å². The molecule has 4 fully saturated rings. The molecule has 2 heterocycles. The van der Waals surface area contributed by atoms with Crippen LogP contribution in [0.4, 0.5) is 0 Å². The highest BCUT2D eigenvalue weighted by molar-refractivity contribution is 6.23. The van der Waals surface area contributed by atoms with E-state index in [1.807, 2.05) is 0 Å². The molecule has 4 aliphatic rings. The number of epoxide rings is 1. The van der Waals surface area contributed by atoms with Gasteiger partial charge < -0.3 is 38.6 Å². The van der Waals surface area contributed by atoms with E-state index in [9.17, 15) is 34.2 Å². The van der Waals surface area contributed by atoms with Crippen LogP contribution in [0.1, 0.15) is 67.7 Å². The second-order valence-corrected chi connectivity index (χ2v) is 13.1. The van der Waals surface area contributed by atoms with Gasteiger partial charge in [0, 0.05) is 39.5 Å². The first-order valence-corrected chi connectivity index (χ1v) is 15.1. The smallest absolute Gasteiger partial charge is 0.312 e. The lowest BCUT2D eigenvalue weighted by molar-refractivity contribution is -0.293. The SMILES string of the molecule is C=C1[C@H]2O[C@H]2[C@H](OC(C)=O)[C@@]2(C)[C@@H](OC(C)=O)C[C@@H](OC(=O)CCC)[C@@](C)(O)[C@@H]2[C@@H](OC(C)=O)C2(O)[C@@H](C)C(=O)O[C@H]2[C@H]1Cl. The summed E-state index contributed by atoms with van der Waals surface area (Å²) in [5, 5.41) is 23.8. The number of aliphatic hydroxyl groups is 2. The molecule has 2 saturated carbocycles. The Hall–Kier alpha value is -2.74. The third kappa shape index (κ3) is 5.50. The second kappa shape index (κ2) is 11.9. The predicted molar refractivity (Wildman–Crippen MR) is 150 cm³/mol. The van der Waals surface area contributed by atoms with E-state index in [1.165, 1.54) is 20.8 Å². The van der Waals surface area contributed by atoms with E-state index in [-0.39, 0.29) is 18.4 Å². The van der Waals surface area contributed by atoms with Gasteiger partial charge in [0.05, 0.1) is 16.7 Å². The summed E-state index contributed by atoms with van der Waals surface area (Å²) in [4.78, 5) is 63.8. The summed E-state index contributed by atoms with van der Waals surface area (Å²) >= 11 is 6.81. The summed E-state index contributed by atoms with van der Waals surface area (Å²) in [5.74, 6) is -6.87. The lowest BCUT2D eigenvalue weighted by atomic mass is 9.50.